The molecule has 2 N–H and O–H groups in total. The summed E-state index contributed by atoms with van der Waals surface area (Å²) in [5.41, 5.74) is 9.17. The van der Waals surface area contributed by atoms with Crippen LogP contribution in [0.5, 0.6) is 0 Å². The third-order valence-corrected chi connectivity index (χ3v) is 3.11. The third-order valence-electron chi connectivity index (χ3n) is 3.11. The molecule has 3 aromatic heterocycles. The van der Waals surface area contributed by atoms with Gasteiger partial charge in [0.15, 0.2) is 0 Å². The monoisotopic (exact) mass is 259 g/mol. The van der Waals surface area contributed by atoms with E-state index in [0.717, 1.165) is 17.7 Å². The molecule has 0 unspecified atom stereocenters. The van der Waals surface area contributed by atoms with Crippen LogP contribution in [-0.2, 0) is 13.5 Å². The van der Waals surface area contributed by atoms with Crippen LogP contribution in [0.1, 0.15) is 12.6 Å². The van der Waals surface area contributed by atoms with Crippen molar-refractivity contribution in [3.8, 4) is 11.3 Å². The van der Waals surface area contributed by atoms with Crippen LogP contribution in [0.25, 0.3) is 16.9 Å². The Morgan fingerprint density at radius 3 is 2.84 bits per heavy atom. The lowest BCUT2D eigenvalue weighted by Crippen LogP contribution is -1.95. The molecule has 0 amide bonds. The Kier molecular flexibility index (Phi) is 2.51. The Balaban J connectivity index is 2.27. The van der Waals surface area contributed by atoms with Crippen LogP contribution in [0.3, 0.4) is 0 Å². The van der Waals surface area contributed by atoms with Gasteiger partial charge in [0.05, 0.1) is 5.69 Å². The summed E-state index contributed by atoms with van der Waals surface area (Å²) in [6.45, 7) is 2.03. The van der Waals surface area contributed by atoms with Crippen LogP contribution in [0.4, 0.5) is 10.2 Å². The topological polar surface area (TPSA) is 61.1 Å². The number of aryl methyl sites for hydroxylation is 2. The first kappa shape index (κ1) is 11.7. The number of nitrogens with zero attached hydrogens (tertiary/aromatic N) is 4. The van der Waals surface area contributed by atoms with E-state index in [-0.39, 0.29) is 5.82 Å². The van der Waals surface area contributed by atoms with Crippen molar-refractivity contribution in [2.45, 2.75) is 13.3 Å². The number of hydrogen-bond donors (Lipinski definition) is 1. The maximum absolute atomic E-state index is 13.3. The average Bonchev–Trinajstić information content (AvgIpc) is 2.91. The van der Waals surface area contributed by atoms with Crippen LogP contribution in [0.15, 0.2) is 24.5 Å². The first-order chi connectivity index (χ1) is 9.10. The molecule has 0 atom stereocenters. The van der Waals surface area contributed by atoms with E-state index < -0.39 is 0 Å². The summed E-state index contributed by atoms with van der Waals surface area (Å²) in [6, 6.07) is 2.98. The highest BCUT2D eigenvalue weighted by Crippen LogP contribution is 2.29. The van der Waals surface area contributed by atoms with Gasteiger partial charge in [0.25, 0.3) is 0 Å². The molecule has 3 aromatic rings. The third kappa shape index (κ3) is 1.76. The van der Waals surface area contributed by atoms with Gasteiger partial charge in [-0.25, -0.2) is 9.37 Å². The van der Waals surface area contributed by atoms with E-state index in [4.69, 9.17) is 5.73 Å². The molecule has 0 aliphatic heterocycles. The largest absolute Gasteiger partial charge is 0.383 e. The lowest BCUT2D eigenvalue weighted by Gasteiger charge is -1.98. The molecule has 6 heteroatoms. The molecule has 19 heavy (non-hydrogen) atoms. The van der Waals surface area contributed by atoms with Crippen molar-refractivity contribution in [3.05, 3.63) is 36.0 Å². The van der Waals surface area contributed by atoms with Gasteiger partial charge in [-0.1, -0.05) is 6.92 Å². The molecule has 3 heterocycles. The predicted octanol–water partition coefficient (Wildman–Crippen LogP) is 2.02. The zero-order valence-corrected chi connectivity index (χ0v) is 10.8. The smallest absolute Gasteiger partial charge is 0.140 e. The fraction of sp³-hybridized carbons (Fsp3) is 0.231. The Bertz CT molecular complexity index is 756. The predicted molar refractivity (Wildman–Crippen MR) is 71.1 cm³/mol. The molecule has 3 rings (SSSR count). The molecule has 0 bridgehead atoms. The van der Waals surface area contributed by atoms with Crippen molar-refractivity contribution < 1.29 is 4.39 Å². The number of hydrogen-bond acceptors (Lipinski definition) is 3. The van der Waals surface area contributed by atoms with Gasteiger partial charge in [0, 0.05) is 25.0 Å². The molecule has 0 aromatic carbocycles. The minimum absolute atomic E-state index is 0.343. The van der Waals surface area contributed by atoms with Gasteiger partial charge in [0.1, 0.15) is 23.0 Å². The number of imidazole rings is 1. The summed E-state index contributed by atoms with van der Waals surface area (Å²) >= 11 is 0. The molecular formula is C13H14FN5. The Hall–Kier alpha value is -2.37. The van der Waals surface area contributed by atoms with E-state index in [2.05, 4.69) is 10.1 Å². The first-order valence-electron chi connectivity index (χ1n) is 6.06. The van der Waals surface area contributed by atoms with E-state index in [0.29, 0.717) is 17.2 Å². The second kappa shape index (κ2) is 4.08. The fourth-order valence-corrected chi connectivity index (χ4v) is 2.23. The van der Waals surface area contributed by atoms with Crippen molar-refractivity contribution in [3.63, 3.8) is 0 Å². The summed E-state index contributed by atoms with van der Waals surface area (Å²) in [5, 5.41) is 4.37. The summed E-state index contributed by atoms with van der Waals surface area (Å²) < 4.78 is 16.5. The fourth-order valence-electron chi connectivity index (χ4n) is 2.23. The second-order valence-corrected chi connectivity index (χ2v) is 4.44. The van der Waals surface area contributed by atoms with Crippen molar-refractivity contribution in [1.82, 2.24) is 19.2 Å². The highest BCUT2D eigenvalue weighted by molar-refractivity contribution is 5.76. The lowest BCUT2D eigenvalue weighted by atomic mass is 10.1. The van der Waals surface area contributed by atoms with Gasteiger partial charge in [0.2, 0.25) is 0 Å². The summed E-state index contributed by atoms with van der Waals surface area (Å²) in [7, 11) is 1.86. The number of rotatable bonds is 2. The molecule has 0 saturated heterocycles. The Morgan fingerprint density at radius 1 is 1.32 bits per heavy atom. The number of pyridine rings is 1. The van der Waals surface area contributed by atoms with Gasteiger partial charge >= 0.3 is 0 Å². The first-order valence-corrected chi connectivity index (χ1v) is 6.06. The molecule has 0 aliphatic carbocycles. The number of fused-ring (bicyclic) bond motifs is 1. The van der Waals surface area contributed by atoms with E-state index in [1.165, 1.54) is 12.3 Å². The normalized spacial score (nSPS) is 11.3. The zero-order valence-electron chi connectivity index (χ0n) is 10.8. The molecule has 0 radical (unpaired) electrons. The van der Waals surface area contributed by atoms with Crippen LogP contribution in [0.2, 0.25) is 0 Å². The second-order valence-electron chi connectivity index (χ2n) is 4.44. The molecule has 0 spiro atoms. The standard InChI is InChI=1S/C13H14FN5/c1-3-10-9(7-18(2)17-10)12-13(15)19-6-8(14)4-5-11(19)16-12/h4-7H,3,15H2,1-2H3. The summed E-state index contributed by atoms with van der Waals surface area (Å²) in [4.78, 5) is 4.46. The van der Waals surface area contributed by atoms with E-state index in [1.54, 1.807) is 15.1 Å². The highest BCUT2D eigenvalue weighted by Gasteiger charge is 2.16. The quantitative estimate of drug-likeness (QED) is 0.766. The van der Waals surface area contributed by atoms with Gasteiger partial charge in [-0.05, 0) is 18.6 Å². The van der Waals surface area contributed by atoms with Gasteiger partial charge < -0.3 is 5.73 Å². The molecule has 5 nitrogen and oxygen atoms in total. The van der Waals surface area contributed by atoms with Crippen LogP contribution in [0, 0.1) is 5.82 Å². The van der Waals surface area contributed by atoms with Crippen LogP contribution >= 0.6 is 0 Å². The molecule has 98 valence electrons. The lowest BCUT2D eigenvalue weighted by molar-refractivity contribution is 0.619. The number of halogens is 1. The maximum Gasteiger partial charge on any atom is 0.140 e. The molecular weight excluding hydrogens is 245 g/mol. The van der Waals surface area contributed by atoms with Crippen molar-refractivity contribution in [2.75, 3.05) is 5.73 Å². The summed E-state index contributed by atoms with van der Waals surface area (Å²) in [6.07, 6.45) is 4.01. The minimum Gasteiger partial charge on any atom is -0.383 e. The molecule has 0 aliphatic rings. The number of nitrogen functional groups attached to an aromatic ring is 1. The van der Waals surface area contributed by atoms with E-state index in [9.17, 15) is 4.39 Å². The van der Waals surface area contributed by atoms with Crippen molar-refractivity contribution in [1.29, 1.82) is 0 Å². The van der Waals surface area contributed by atoms with Crippen LogP contribution < -0.4 is 5.73 Å². The van der Waals surface area contributed by atoms with Crippen molar-refractivity contribution >= 4 is 11.5 Å². The number of anilines is 1. The Morgan fingerprint density at radius 2 is 2.11 bits per heavy atom. The summed E-state index contributed by atoms with van der Waals surface area (Å²) in [5.74, 6) is 0.0854. The highest BCUT2D eigenvalue weighted by atomic mass is 19.1. The molecule has 0 saturated carbocycles. The van der Waals surface area contributed by atoms with Gasteiger partial charge in [-0.15, -0.1) is 0 Å². The molecule has 0 fully saturated rings. The maximum atomic E-state index is 13.3. The van der Waals surface area contributed by atoms with Gasteiger partial charge in [-0.3, -0.25) is 9.08 Å². The number of aromatic nitrogens is 4. The van der Waals surface area contributed by atoms with E-state index in [1.807, 2.05) is 20.2 Å². The zero-order chi connectivity index (χ0) is 13.6. The van der Waals surface area contributed by atoms with E-state index >= 15 is 0 Å². The minimum atomic E-state index is -0.343. The number of nitrogens with two attached hydrogens (primary N) is 1. The van der Waals surface area contributed by atoms with Crippen molar-refractivity contribution in [2.24, 2.45) is 7.05 Å². The average molecular weight is 259 g/mol. The SMILES string of the molecule is CCc1nn(C)cc1-c1nc2ccc(F)cn2c1N. The van der Waals surface area contributed by atoms with Crippen LogP contribution in [-0.4, -0.2) is 19.2 Å². The van der Waals surface area contributed by atoms with Gasteiger partial charge in [-0.2, -0.15) is 5.10 Å². The Labute approximate surface area is 109 Å².